The van der Waals surface area contributed by atoms with Crippen LogP contribution in [-0.4, -0.2) is 30.1 Å². The number of nitrogens with two attached hydrogens (primary N) is 1. The van der Waals surface area contributed by atoms with Crippen molar-refractivity contribution < 1.29 is 8.91 Å². The second kappa shape index (κ2) is 6.54. The number of hydrogen-bond donors (Lipinski definition) is 1. The number of nitrogens with zero attached hydrogens (tertiary/aromatic N) is 3. The number of hydrogen-bond acceptors (Lipinski definition) is 3. The molecule has 1 heterocycles. The molecule has 138 valence electrons. The molecule has 2 aromatic carbocycles. The maximum Gasteiger partial charge on any atom is 0.198 e. The number of benzene rings is 2. The molecule has 3 aromatic rings. The van der Waals surface area contributed by atoms with Crippen molar-refractivity contribution in [2.24, 2.45) is 10.7 Å². The molecule has 1 aromatic heterocycles. The summed E-state index contributed by atoms with van der Waals surface area (Å²) >= 11 is 0. The van der Waals surface area contributed by atoms with Crippen LogP contribution in [-0.2, 0) is 5.41 Å². The molecule has 0 amide bonds. The largest absolute Gasteiger partial charge is 0.369 e. The zero-order chi connectivity index (χ0) is 19.0. The van der Waals surface area contributed by atoms with Crippen molar-refractivity contribution in [3.05, 3.63) is 71.7 Å². The van der Waals surface area contributed by atoms with Gasteiger partial charge in [-0.25, -0.2) is 4.39 Å². The summed E-state index contributed by atoms with van der Waals surface area (Å²) in [7, 11) is 3.61. The van der Waals surface area contributed by atoms with E-state index in [1.54, 1.807) is 31.1 Å². The second-order valence-electron chi connectivity index (χ2n) is 7.06. The minimum absolute atomic E-state index is 0.236. The van der Waals surface area contributed by atoms with Crippen molar-refractivity contribution >= 4 is 11.8 Å². The van der Waals surface area contributed by atoms with Crippen LogP contribution in [0.5, 0.6) is 0 Å². The lowest BCUT2D eigenvalue weighted by Gasteiger charge is -2.13. The van der Waals surface area contributed by atoms with Gasteiger partial charge in [0.15, 0.2) is 11.8 Å². The molecule has 1 fully saturated rings. The maximum atomic E-state index is 14.8. The Bertz CT molecular complexity index is 990. The Morgan fingerprint density at radius 2 is 1.89 bits per heavy atom. The summed E-state index contributed by atoms with van der Waals surface area (Å²) in [5.41, 5.74) is 7.85. The van der Waals surface area contributed by atoms with Crippen LogP contribution in [0.1, 0.15) is 24.2 Å². The first-order valence-electron chi connectivity index (χ1n) is 8.84. The van der Waals surface area contributed by atoms with Gasteiger partial charge in [0.25, 0.3) is 0 Å². The highest BCUT2D eigenvalue weighted by Gasteiger charge is 2.49. The van der Waals surface area contributed by atoms with Gasteiger partial charge in [0, 0.05) is 25.7 Å². The average Bonchev–Trinajstić information content (AvgIpc) is 3.35. The van der Waals surface area contributed by atoms with Crippen LogP contribution < -0.4 is 5.73 Å². The SMILES string of the molecule is CN(C)C(N)=Nc1cc(C2(c3ccc(-c4ccccc4)c(F)c3)CC2)on1. The van der Waals surface area contributed by atoms with E-state index in [0.717, 1.165) is 24.0 Å². The quantitative estimate of drug-likeness (QED) is 0.560. The molecule has 4 rings (SSSR count). The smallest absolute Gasteiger partial charge is 0.198 e. The third-order valence-electron chi connectivity index (χ3n) is 5.01. The number of aliphatic imine (C=N–C) groups is 1. The van der Waals surface area contributed by atoms with E-state index in [1.807, 2.05) is 42.5 Å². The molecule has 0 bridgehead atoms. The predicted octanol–water partition coefficient (Wildman–Crippen LogP) is 4.07. The molecule has 0 saturated heterocycles. The first-order valence-corrected chi connectivity index (χ1v) is 8.84. The normalized spacial score (nSPS) is 15.6. The summed E-state index contributed by atoms with van der Waals surface area (Å²) in [5.74, 6) is 1.22. The second-order valence-corrected chi connectivity index (χ2v) is 7.06. The molecule has 0 atom stereocenters. The van der Waals surface area contributed by atoms with Gasteiger partial charge in [-0.15, -0.1) is 0 Å². The van der Waals surface area contributed by atoms with Crippen LogP contribution in [0.3, 0.4) is 0 Å². The first kappa shape index (κ1) is 17.3. The fourth-order valence-corrected chi connectivity index (χ4v) is 3.23. The number of rotatable bonds is 4. The molecule has 6 heteroatoms. The third kappa shape index (κ3) is 3.18. The van der Waals surface area contributed by atoms with E-state index < -0.39 is 0 Å². The molecule has 1 aliphatic carbocycles. The predicted molar refractivity (Wildman–Crippen MR) is 103 cm³/mol. The number of aromatic nitrogens is 1. The zero-order valence-electron chi connectivity index (χ0n) is 15.3. The minimum Gasteiger partial charge on any atom is -0.369 e. The summed E-state index contributed by atoms with van der Waals surface area (Å²) in [4.78, 5) is 5.92. The lowest BCUT2D eigenvalue weighted by atomic mass is 9.91. The van der Waals surface area contributed by atoms with Gasteiger partial charge in [0.2, 0.25) is 0 Å². The first-order chi connectivity index (χ1) is 13.0. The molecule has 0 radical (unpaired) electrons. The zero-order valence-corrected chi connectivity index (χ0v) is 15.3. The topological polar surface area (TPSA) is 67.7 Å². The van der Waals surface area contributed by atoms with E-state index in [9.17, 15) is 4.39 Å². The van der Waals surface area contributed by atoms with Crippen LogP contribution in [0.15, 0.2) is 64.1 Å². The summed E-state index contributed by atoms with van der Waals surface area (Å²) in [5, 5.41) is 4.00. The lowest BCUT2D eigenvalue weighted by Crippen LogP contribution is -2.29. The molecule has 5 nitrogen and oxygen atoms in total. The molecule has 27 heavy (non-hydrogen) atoms. The van der Waals surface area contributed by atoms with Gasteiger partial charge in [0.05, 0.1) is 5.41 Å². The van der Waals surface area contributed by atoms with Gasteiger partial charge in [-0.1, -0.05) is 47.6 Å². The third-order valence-corrected chi connectivity index (χ3v) is 5.01. The summed E-state index contributed by atoms with van der Waals surface area (Å²) in [6, 6.07) is 16.7. The monoisotopic (exact) mass is 364 g/mol. The number of halogens is 1. The van der Waals surface area contributed by atoms with Gasteiger partial charge in [0.1, 0.15) is 11.6 Å². The van der Waals surface area contributed by atoms with Crippen molar-refractivity contribution in [3.63, 3.8) is 0 Å². The highest BCUT2D eigenvalue weighted by atomic mass is 19.1. The average molecular weight is 364 g/mol. The fourth-order valence-electron chi connectivity index (χ4n) is 3.23. The molecule has 1 saturated carbocycles. The summed E-state index contributed by atoms with van der Waals surface area (Å²) in [6.07, 6.45) is 1.78. The summed E-state index contributed by atoms with van der Waals surface area (Å²) < 4.78 is 20.3. The molecule has 2 N–H and O–H groups in total. The Labute approximate surface area is 157 Å². The van der Waals surface area contributed by atoms with Crippen LogP contribution in [0.2, 0.25) is 0 Å². The van der Waals surface area contributed by atoms with E-state index in [-0.39, 0.29) is 11.2 Å². The molecular weight excluding hydrogens is 343 g/mol. The highest BCUT2D eigenvalue weighted by molar-refractivity contribution is 5.80. The Balaban J connectivity index is 1.65. The summed E-state index contributed by atoms with van der Waals surface area (Å²) in [6.45, 7) is 0. The molecular formula is C21H21FN4O. The van der Waals surface area contributed by atoms with Crippen molar-refractivity contribution in [1.29, 1.82) is 0 Å². The van der Waals surface area contributed by atoms with Crippen LogP contribution in [0.25, 0.3) is 11.1 Å². The van der Waals surface area contributed by atoms with E-state index in [4.69, 9.17) is 10.3 Å². The van der Waals surface area contributed by atoms with E-state index in [0.29, 0.717) is 23.1 Å². The van der Waals surface area contributed by atoms with Gasteiger partial charge < -0.3 is 15.2 Å². The molecule has 0 spiro atoms. The molecule has 1 aliphatic rings. The Morgan fingerprint density at radius 3 is 2.52 bits per heavy atom. The van der Waals surface area contributed by atoms with E-state index in [1.165, 1.54) is 0 Å². The van der Waals surface area contributed by atoms with E-state index in [2.05, 4.69) is 10.1 Å². The van der Waals surface area contributed by atoms with Crippen LogP contribution >= 0.6 is 0 Å². The van der Waals surface area contributed by atoms with Gasteiger partial charge >= 0.3 is 0 Å². The van der Waals surface area contributed by atoms with Crippen molar-refractivity contribution in [3.8, 4) is 11.1 Å². The van der Waals surface area contributed by atoms with Gasteiger partial charge in [-0.2, -0.15) is 4.99 Å². The van der Waals surface area contributed by atoms with Crippen LogP contribution in [0, 0.1) is 5.82 Å². The maximum absolute atomic E-state index is 14.8. The van der Waals surface area contributed by atoms with E-state index >= 15 is 0 Å². The minimum atomic E-state index is -0.330. The number of guanidine groups is 1. The Hall–Kier alpha value is -3.15. The lowest BCUT2D eigenvalue weighted by molar-refractivity contribution is 0.367. The van der Waals surface area contributed by atoms with Gasteiger partial charge in [-0.05, 0) is 30.0 Å². The van der Waals surface area contributed by atoms with Crippen LogP contribution in [0.4, 0.5) is 10.2 Å². The standard InChI is InChI=1S/C21H21FN4O/c1-26(2)20(23)24-19-13-18(27-25-19)21(10-11-21)15-8-9-16(17(22)12-15)14-6-4-3-5-7-14/h3-9,12-13H,10-11H2,1-2H3,(H2,23,24,25). The molecule has 0 unspecified atom stereocenters. The van der Waals surface area contributed by atoms with Crippen molar-refractivity contribution in [2.45, 2.75) is 18.3 Å². The molecule has 0 aliphatic heterocycles. The Kier molecular flexibility index (Phi) is 4.18. The Morgan fingerprint density at radius 1 is 1.15 bits per heavy atom. The van der Waals surface area contributed by atoms with Crippen molar-refractivity contribution in [2.75, 3.05) is 14.1 Å². The van der Waals surface area contributed by atoms with Gasteiger partial charge in [-0.3, -0.25) is 0 Å². The highest BCUT2D eigenvalue weighted by Crippen LogP contribution is 2.54. The van der Waals surface area contributed by atoms with Crippen molar-refractivity contribution in [1.82, 2.24) is 10.1 Å². The fraction of sp³-hybridized carbons (Fsp3) is 0.238.